The molecule has 1 aliphatic heterocycles. The highest BCUT2D eigenvalue weighted by molar-refractivity contribution is 7.88. The van der Waals surface area contributed by atoms with Crippen molar-refractivity contribution in [3.8, 4) is 0 Å². The number of carbonyl (C=O) groups is 1. The van der Waals surface area contributed by atoms with Gasteiger partial charge < -0.3 is 10.1 Å². The molecule has 1 saturated heterocycles. The molecule has 168 valence electrons. The molecule has 10 heteroatoms. The molecule has 0 spiro atoms. The fraction of sp³-hybridized carbons (Fsp3) is 0.381. The maximum Gasteiger partial charge on any atom is 0.416 e. The molecule has 0 aliphatic carbocycles. The Kier molecular flexibility index (Phi) is 7.34. The summed E-state index contributed by atoms with van der Waals surface area (Å²) in [4.78, 5) is 12.2. The number of hydrogen-bond acceptors (Lipinski definition) is 4. The van der Waals surface area contributed by atoms with Gasteiger partial charge in [0.2, 0.25) is 15.9 Å². The summed E-state index contributed by atoms with van der Waals surface area (Å²) in [5.41, 5.74) is 0.935. The van der Waals surface area contributed by atoms with E-state index in [0.29, 0.717) is 43.0 Å². The number of morpholine rings is 1. The van der Waals surface area contributed by atoms with Gasteiger partial charge in [0.1, 0.15) is 0 Å². The van der Waals surface area contributed by atoms with Crippen LogP contribution in [0.3, 0.4) is 0 Å². The molecule has 1 N–H and O–H groups in total. The van der Waals surface area contributed by atoms with E-state index in [1.54, 1.807) is 24.3 Å². The number of sulfonamides is 1. The van der Waals surface area contributed by atoms with Crippen molar-refractivity contribution in [2.24, 2.45) is 0 Å². The van der Waals surface area contributed by atoms with Crippen LogP contribution in [0, 0.1) is 0 Å². The number of halogens is 3. The molecule has 1 heterocycles. The van der Waals surface area contributed by atoms with Gasteiger partial charge in [0.15, 0.2) is 0 Å². The minimum Gasteiger partial charge on any atom is -0.379 e. The maximum absolute atomic E-state index is 12.7. The number of alkyl halides is 3. The molecule has 0 saturated carbocycles. The van der Waals surface area contributed by atoms with Crippen LogP contribution in [0.2, 0.25) is 0 Å². The molecule has 0 unspecified atom stereocenters. The highest BCUT2D eigenvalue weighted by Gasteiger charge is 2.30. The van der Waals surface area contributed by atoms with Crippen LogP contribution in [-0.4, -0.2) is 44.9 Å². The SMILES string of the molecule is O=C(Cc1ccc(C(F)(F)F)cc1)NCc1ccccc1CS(=O)(=O)N1CCOCC1. The van der Waals surface area contributed by atoms with Crippen molar-refractivity contribution in [3.63, 3.8) is 0 Å². The zero-order valence-corrected chi connectivity index (χ0v) is 17.5. The van der Waals surface area contributed by atoms with Crippen LogP contribution in [0.5, 0.6) is 0 Å². The lowest BCUT2D eigenvalue weighted by molar-refractivity contribution is -0.137. The highest BCUT2D eigenvalue weighted by Crippen LogP contribution is 2.29. The van der Waals surface area contributed by atoms with E-state index in [0.717, 1.165) is 12.1 Å². The van der Waals surface area contributed by atoms with Crippen molar-refractivity contribution < 1.29 is 31.1 Å². The summed E-state index contributed by atoms with van der Waals surface area (Å²) in [6.07, 6.45) is -4.50. The van der Waals surface area contributed by atoms with Gasteiger partial charge in [0, 0.05) is 19.6 Å². The standard InChI is InChI=1S/C21H23F3N2O4S/c22-21(23,24)19-7-5-16(6-8-19)13-20(27)25-14-17-3-1-2-4-18(17)15-31(28,29)26-9-11-30-12-10-26/h1-8H,9-15H2,(H,25,27). The van der Waals surface area contributed by atoms with Crippen LogP contribution < -0.4 is 5.32 Å². The number of benzene rings is 2. The summed E-state index contributed by atoms with van der Waals surface area (Å²) in [7, 11) is -3.51. The Hall–Kier alpha value is -2.43. The molecule has 1 amide bonds. The van der Waals surface area contributed by atoms with E-state index in [1.165, 1.54) is 16.4 Å². The predicted molar refractivity (Wildman–Crippen MR) is 108 cm³/mol. The van der Waals surface area contributed by atoms with Gasteiger partial charge in [-0.15, -0.1) is 0 Å². The van der Waals surface area contributed by atoms with Crippen LogP contribution in [0.15, 0.2) is 48.5 Å². The molecule has 1 fully saturated rings. The first kappa shape index (κ1) is 23.2. The van der Waals surface area contributed by atoms with E-state index in [9.17, 15) is 26.4 Å². The zero-order chi connectivity index (χ0) is 22.5. The fourth-order valence-corrected chi connectivity index (χ4v) is 4.80. The highest BCUT2D eigenvalue weighted by atomic mass is 32.2. The van der Waals surface area contributed by atoms with E-state index in [-0.39, 0.29) is 24.6 Å². The first-order chi connectivity index (χ1) is 14.6. The Morgan fingerprint density at radius 3 is 2.23 bits per heavy atom. The largest absolute Gasteiger partial charge is 0.416 e. The smallest absolute Gasteiger partial charge is 0.379 e. The summed E-state index contributed by atoms with van der Waals surface area (Å²) in [5, 5.41) is 2.71. The Morgan fingerprint density at radius 1 is 1.00 bits per heavy atom. The van der Waals surface area contributed by atoms with Gasteiger partial charge in [-0.05, 0) is 28.8 Å². The second kappa shape index (κ2) is 9.80. The number of amides is 1. The molecule has 2 aromatic rings. The number of nitrogens with one attached hydrogen (secondary N) is 1. The van der Waals surface area contributed by atoms with E-state index in [4.69, 9.17) is 4.74 Å². The molecule has 31 heavy (non-hydrogen) atoms. The summed E-state index contributed by atoms with van der Waals surface area (Å²) < 4.78 is 69.9. The van der Waals surface area contributed by atoms with Gasteiger partial charge in [-0.3, -0.25) is 4.79 Å². The monoisotopic (exact) mass is 456 g/mol. The quantitative estimate of drug-likeness (QED) is 0.695. The average Bonchev–Trinajstić information content (AvgIpc) is 2.73. The summed E-state index contributed by atoms with van der Waals surface area (Å²) in [5.74, 6) is -0.552. The summed E-state index contributed by atoms with van der Waals surface area (Å²) >= 11 is 0. The third-order valence-electron chi connectivity index (χ3n) is 4.94. The Balaban J connectivity index is 1.60. The van der Waals surface area contributed by atoms with Crippen LogP contribution in [-0.2, 0) is 44.4 Å². The third kappa shape index (κ3) is 6.52. The van der Waals surface area contributed by atoms with E-state index >= 15 is 0 Å². The lowest BCUT2D eigenvalue weighted by Crippen LogP contribution is -2.41. The van der Waals surface area contributed by atoms with Crippen molar-refractivity contribution >= 4 is 15.9 Å². The number of ether oxygens (including phenoxy) is 1. The van der Waals surface area contributed by atoms with Crippen molar-refractivity contribution in [2.75, 3.05) is 26.3 Å². The first-order valence-electron chi connectivity index (χ1n) is 9.70. The third-order valence-corrected chi connectivity index (χ3v) is 6.77. The Bertz CT molecular complexity index is 1000. The lowest BCUT2D eigenvalue weighted by atomic mass is 10.1. The van der Waals surface area contributed by atoms with Crippen molar-refractivity contribution in [1.29, 1.82) is 0 Å². The summed E-state index contributed by atoms with van der Waals surface area (Å²) in [6, 6.07) is 11.3. The van der Waals surface area contributed by atoms with Crippen LogP contribution in [0.1, 0.15) is 22.3 Å². The Labute approximate surface area is 179 Å². The number of carbonyl (C=O) groups excluding carboxylic acids is 1. The minimum absolute atomic E-state index is 0.0770. The van der Waals surface area contributed by atoms with Gasteiger partial charge >= 0.3 is 6.18 Å². The number of nitrogens with zero attached hydrogens (tertiary/aromatic N) is 1. The van der Waals surface area contributed by atoms with Gasteiger partial charge in [-0.2, -0.15) is 17.5 Å². The van der Waals surface area contributed by atoms with E-state index < -0.39 is 21.8 Å². The van der Waals surface area contributed by atoms with Gasteiger partial charge in [0.25, 0.3) is 0 Å². The van der Waals surface area contributed by atoms with Crippen molar-refractivity contribution in [1.82, 2.24) is 9.62 Å². The van der Waals surface area contributed by atoms with Crippen LogP contribution in [0.4, 0.5) is 13.2 Å². The normalized spacial score (nSPS) is 15.6. The molecular formula is C21H23F3N2O4S. The second-order valence-corrected chi connectivity index (χ2v) is 9.15. The Morgan fingerprint density at radius 2 is 1.61 bits per heavy atom. The molecular weight excluding hydrogens is 433 g/mol. The van der Waals surface area contributed by atoms with E-state index in [1.807, 2.05) is 0 Å². The fourth-order valence-electron chi connectivity index (χ4n) is 3.24. The minimum atomic E-state index is -4.42. The zero-order valence-electron chi connectivity index (χ0n) is 16.7. The number of rotatable bonds is 7. The topological polar surface area (TPSA) is 75.7 Å². The molecule has 0 bridgehead atoms. The second-order valence-electron chi connectivity index (χ2n) is 7.18. The van der Waals surface area contributed by atoms with Crippen molar-refractivity contribution in [3.05, 3.63) is 70.8 Å². The predicted octanol–water partition coefficient (Wildman–Crippen LogP) is 2.73. The number of hydrogen-bond donors (Lipinski definition) is 1. The average molecular weight is 456 g/mol. The van der Waals surface area contributed by atoms with Crippen molar-refractivity contribution in [2.45, 2.75) is 24.9 Å². The van der Waals surface area contributed by atoms with Gasteiger partial charge in [-0.25, -0.2) is 8.42 Å². The van der Waals surface area contributed by atoms with Crippen LogP contribution >= 0.6 is 0 Å². The maximum atomic E-state index is 12.7. The molecule has 1 aliphatic rings. The molecule has 2 aromatic carbocycles. The first-order valence-corrected chi connectivity index (χ1v) is 11.3. The molecule has 0 aromatic heterocycles. The van der Waals surface area contributed by atoms with Gasteiger partial charge in [0.05, 0.1) is 31.0 Å². The van der Waals surface area contributed by atoms with Gasteiger partial charge in [-0.1, -0.05) is 36.4 Å². The lowest BCUT2D eigenvalue weighted by Gasteiger charge is -2.26. The molecule has 0 atom stereocenters. The molecule has 6 nitrogen and oxygen atoms in total. The van der Waals surface area contributed by atoms with E-state index in [2.05, 4.69) is 5.32 Å². The van der Waals surface area contributed by atoms with Crippen LogP contribution in [0.25, 0.3) is 0 Å². The molecule has 3 rings (SSSR count). The summed E-state index contributed by atoms with van der Waals surface area (Å²) in [6.45, 7) is 1.47. The molecule has 0 radical (unpaired) electrons.